The topological polar surface area (TPSA) is 226 Å². The Morgan fingerprint density at radius 1 is 0.660 bits per heavy atom. The highest BCUT2D eigenvalue weighted by atomic mass is 31.2. The summed E-state index contributed by atoms with van der Waals surface area (Å²) in [6, 6.07) is -1.24. The van der Waals surface area contributed by atoms with Crippen molar-refractivity contribution >= 4 is 13.7 Å². The monoisotopic (exact) mass is 779 g/mol. The zero-order chi connectivity index (χ0) is 39.5. The van der Waals surface area contributed by atoms with Gasteiger partial charge in [0.2, 0.25) is 5.91 Å². The van der Waals surface area contributed by atoms with Gasteiger partial charge in [-0.2, -0.15) is 0 Å². The van der Waals surface area contributed by atoms with E-state index in [-0.39, 0.29) is 6.42 Å². The molecule has 1 aliphatic carbocycles. The quantitative estimate of drug-likeness (QED) is 0.0243. The Morgan fingerprint density at radius 3 is 1.60 bits per heavy atom. The number of hydrogen-bond acceptors (Lipinski definition) is 11. The molecule has 0 bridgehead atoms. The van der Waals surface area contributed by atoms with E-state index in [0.29, 0.717) is 19.3 Å². The smallest absolute Gasteiger partial charge is 0.393 e. The molecule has 0 aliphatic heterocycles. The minimum absolute atomic E-state index is 0.265. The van der Waals surface area contributed by atoms with Crippen LogP contribution in [-0.4, -0.2) is 108 Å². The van der Waals surface area contributed by atoms with Crippen LogP contribution in [0.15, 0.2) is 24.3 Å². The molecule has 0 aromatic rings. The fraction of sp³-hybridized carbons (Fsp3) is 0.872. The second-order valence-corrected chi connectivity index (χ2v) is 16.1. The predicted octanol–water partition coefficient (Wildman–Crippen LogP) is 5.25. The van der Waals surface area contributed by atoms with E-state index in [1.807, 2.05) is 0 Å². The van der Waals surface area contributed by atoms with Crippen molar-refractivity contribution in [3.05, 3.63) is 24.3 Å². The highest BCUT2D eigenvalue weighted by Crippen LogP contribution is 2.47. The van der Waals surface area contributed by atoms with Crippen molar-refractivity contribution in [3.8, 4) is 0 Å². The molecular formula is C39H74NO12P. The number of hydrogen-bond donors (Lipinski definition) is 9. The fourth-order valence-electron chi connectivity index (χ4n) is 6.36. The average molecular weight is 780 g/mol. The van der Waals surface area contributed by atoms with Gasteiger partial charge in [-0.25, -0.2) is 4.57 Å². The largest absolute Gasteiger partial charge is 0.472 e. The number of nitrogens with one attached hydrogen (secondary N) is 1. The van der Waals surface area contributed by atoms with Crippen LogP contribution in [0.1, 0.15) is 155 Å². The minimum Gasteiger partial charge on any atom is -0.393 e. The van der Waals surface area contributed by atoms with Gasteiger partial charge in [0.25, 0.3) is 0 Å². The standard InChI is InChI=1S/C39H74NO12P/c1-3-5-7-9-11-13-15-17-19-21-23-25-27-32(42)31(29-51-53(49,50)52-39-37(47)35(45)34(44)36(46)38(39)48)40-33(43)28-30(41)26-24-22-20-18-16-14-12-10-8-6-4-2/h18,20,25,27,30-32,34-39,41-42,44-48H,3-17,19,21-24,26,28-29H2,1-2H3,(H,40,43)(H,49,50)/b20-18-,27-25+. The van der Waals surface area contributed by atoms with Gasteiger partial charge in [0.05, 0.1) is 31.3 Å². The van der Waals surface area contributed by atoms with Gasteiger partial charge in [0, 0.05) is 0 Å². The molecule has 1 rings (SSSR count). The number of phosphoric acid groups is 1. The third kappa shape index (κ3) is 22.8. The first-order valence-corrected chi connectivity index (χ1v) is 21.9. The third-order valence-electron chi connectivity index (χ3n) is 9.78. The molecule has 0 radical (unpaired) electrons. The Balaban J connectivity index is 2.67. The molecule has 1 saturated carbocycles. The zero-order valence-electron chi connectivity index (χ0n) is 32.4. The van der Waals surface area contributed by atoms with Gasteiger partial charge in [0.1, 0.15) is 36.6 Å². The molecule has 1 fully saturated rings. The van der Waals surface area contributed by atoms with Crippen molar-refractivity contribution in [1.82, 2.24) is 5.32 Å². The van der Waals surface area contributed by atoms with E-state index in [9.17, 15) is 50.0 Å². The SMILES string of the molecule is CCCCCCCC/C=C\CCCC(O)CC(=O)NC(COP(=O)(O)OC1C(O)C(O)C(O)C(O)C1O)C(O)/C=C/CCCCCCCCCCCC. The van der Waals surface area contributed by atoms with Gasteiger partial charge in [0.15, 0.2) is 0 Å². The van der Waals surface area contributed by atoms with Gasteiger partial charge >= 0.3 is 7.82 Å². The summed E-state index contributed by atoms with van der Waals surface area (Å²) in [4.78, 5) is 23.3. The molecule has 9 N–H and O–H groups in total. The number of carbonyl (C=O) groups is 1. The second kappa shape index (κ2) is 30.0. The van der Waals surface area contributed by atoms with E-state index in [4.69, 9.17) is 9.05 Å². The van der Waals surface area contributed by atoms with Gasteiger partial charge < -0.3 is 46.0 Å². The lowest BCUT2D eigenvalue weighted by atomic mass is 9.85. The number of aliphatic hydroxyl groups is 7. The van der Waals surface area contributed by atoms with E-state index < -0.39 is 75.2 Å². The Hall–Kier alpha value is -1.22. The summed E-state index contributed by atoms with van der Waals surface area (Å²) in [6.07, 6.45) is 15.8. The zero-order valence-corrected chi connectivity index (χ0v) is 33.3. The third-order valence-corrected chi connectivity index (χ3v) is 10.8. The van der Waals surface area contributed by atoms with Crippen LogP contribution >= 0.6 is 7.82 Å². The molecule has 0 aromatic heterocycles. The van der Waals surface area contributed by atoms with Crippen molar-refractivity contribution in [2.75, 3.05) is 6.61 Å². The maximum absolute atomic E-state index is 12.9. The number of carbonyl (C=O) groups excluding carboxylic acids is 1. The Morgan fingerprint density at radius 2 is 1.09 bits per heavy atom. The molecule has 0 aromatic carbocycles. The number of rotatable bonds is 32. The van der Waals surface area contributed by atoms with E-state index in [1.165, 1.54) is 83.1 Å². The van der Waals surface area contributed by atoms with Crippen LogP contribution in [0.2, 0.25) is 0 Å². The van der Waals surface area contributed by atoms with Crippen LogP contribution < -0.4 is 5.32 Å². The van der Waals surface area contributed by atoms with Crippen LogP contribution in [0.5, 0.6) is 0 Å². The van der Waals surface area contributed by atoms with E-state index in [1.54, 1.807) is 6.08 Å². The molecular weight excluding hydrogens is 705 g/mol. The molecule has 13 nitrogen and oxygen atoms in total. The fourth-order valence-corrected chi connectivity index (χ4v) is 7.32. The molecule has 0 heterocycles. The van der Waals surface area contributed by atoms with E-state index in [2.05, 4.69) is 31.3 Å². The second-order valence-electron chi connectivity index (χ2n) is 14.7. The lowest BCUT2D eigenvalue weighted by molar-refractivity contribution is -0.220. The number of unbranched alkanes of at least 4 members (excludes halogenated alkanes) is 17. The number of aliphatic hydroxyl groups excluding tert-OH is 7. The van der Waals surface area contributed by atoms with Crippen molar-refractivity contribution in [3.63, 3.8) is 0 Å². The average Bonchev–Trinajstić information content (AvgIpc) is 3.12. The van der Waals surface area contributed by atoms with Crippen LogP contribution in [0.4, 0.5) is 0 Å². The molecule has 1 aliphatic rings. The van der Waals surface area contributed by atoms with Gasteiger partial charge in [-0.1, -0.05) is 128 Å². The lowest BCUT2D eigenvalue weighted by Crippen LogP contribution is -2.64. The summed E-state index contributed by atoms with van der Waals surface area (Å²) in [5, 5.41) is 74.0. The molecule has 1 amide bonds. The maximum Gasteiger partial charge on any atom is 0.472 e. The Bertz CT molecular complexity index is 1020. The lowest BCUT2D eigenvalue weighted by Gasteiger charge is -2.41. The van der Waals surface area contributed by atoms with Gasteiger partial charge in [-0.3, -0.25) is 13.8 Å². The molecule has 0 spiro atoms. The van der Waals surface area contributed by atoms with Gasteiger partial charge in [-0.05, 0) is 44.9 Å². The minimum atomic E-state index is -5.13. The summed E-state index contributed by atoms with van der Waals surface area (Å²) < 4.78 is 22.7. The van der Waals surface area contributed by atoms with E-state index in [0.717, 1.165) is 38.5 Å². The summed E-state index contributed by atoms with van der Waals surface area (Å²) in [6.45, 7) is 3.67. The van der Waals surface area contributed by atoms with Gasteiger partial charge in [-0.15, -0.1) is 0 Å². The highest BCUT2D eigenvalue weighted by molar-refractivity contribution is 7.47. The first-order chi connectivity index (χ1) is 25.3. The predicted molar refractivity (Wildman–Crippen MR) is 206 cm³/mol. The first-order valence-electron chi connectivity index (χ1n) is 20.4. The van der Waals surface area contributed by atoms with Crippen LogP contribution in [0.3, 0.4) is 0 Å². The molecule has 14 heteroatoms. The molecule has 8 unspecified atom stereocenters. The van der Waals surface area contributed by atoms with Crippen molar-refractivity contribution in [2.45, 2.75) is 210 Å². The van der Waals surface area contributed by atoms with Crippen molar-refractivity contribution in [2.24, 2.45) is 0 Å². The number of phosphoric ester groups is 1. The Labute approximate surface area is 318 Å². The Kier molecular flexibility index (Phi) is 28.2. The molecule has 8 atom stereocenters. The van der Waals surface area contributed by atoms with Crippen LogP contribution in [0.25, 0.3) is 0 Å². The molecule has 53 heavy (non-hydrogen) atoms. The first kappa shape index (κ1) is 49.8. The number of allylic oxidation sites excluding steroid dienone is 3. The maximum atomic E-state index is 12.9. The summed E-state index contributed by atoms with van der Waals surface area (Å²) in [7, 11) is -5.13. The normalized spacial score (nSPS) is 25.1. The highest BCUT2D eigenvalue weighted by Gasteiger charge is 2.51. The molecule has 0 saturated heterocycles. The molecule has 312 valence electrons. The van der Waals surface area contributed by atoms with Crippen LogP contribution in [-0.2, 0) is 18.4 Å². The summed E-state index contributed by atoms with van der Waals surface area (Å²) >= 11 is 0. The van der Waals surface area contributed by atoms with Crippen molar-refractivity contribution < 1.29 is 59.0 Å². The summed E-state index contributed by atoms with van der Waals surface area (Å²) in [5.74, 6) is -0.612. The van der Waals surface area contributed by atoms with E-state index >= 15 is 0 Å². The number of amides is 1. The van der Waals surface area contributed by atoms with Crippen molar-refractivity contribution in [1.29, 1.82) is 0 Å². The van der Waals surface area contributed by atoms with Crippen LogP contribution in [0, 0.1) is 0 Å². The summed E-state index contributed by atoms with van der Waals surface area (Å²) in [5.41, 5.74) is 0.